The Labute approximate surface area is 168 Å². The molecule has 0 aliphatic carbocycles. The average Bonchev–Trinajstić information content (AvgIpc) is 3.37. The Kier molecular flexibility index (Phi) is 6.89. The lowest BCUT2D eigenvalue weighted by Gasteiger charge is -2.23. The first-order chi connectivity index (χ1) is 13.4. The zero-order chi connectivity index (χ0) is 20.1. The molecule has 2 atom stereocenters. The molecule has 0 spiro atoms. The normalized spacial score (nSPS) is 18.2. The van der Waals surface area contributed by atoms with Gasteiger partial charge in [-0.2, -0.15) is 22.7 Å². The monoisotopic (exact) mass is 448 g/mol. The van der Waals surface area contributed by atoms with Crippen LogP contribution in [0.25, 0.3) is 0 Å². The Bertz CT molecular complexity index is 857. The number of phosphoric ester groups is 1. The lowest BCUT2D eigenvalue weighted by Crippen LogP contribution is -2.34. The zero-order valence-corrected chi connectivity index (χ0v) is 16.8. The van der Waals surface area contributed by atoms with Gasteiger partial charge in [0.25, 0.3) is 0 Å². The molecule has 12 heteroatoms. The highest BCUT2D eigenvalue weighted by Crippen LogP contribution is 2.41. The zero-order valence-electron chi connectivity index (χ0n) is 14.3. The van der Waals surface area contributed by atoms with Crippen LogP contribution in [-0.2, 0) is 41.3 Å². The predicted octanol–water partition coefficient (Wildman–Crippen LogP) is 2.15. The third-order valence-corrected chi connectivity index (χ3v) is 5.64. The number of cyclic esters (lactones) is 1. The Balaban J connectivity index is 1.84. The van der Waals surface area contributed by atoms with Crippen LogP contribution in [-0.4, -0.2) is 39.7 Å². The van der Waals surface area contributed by atoms with Crippen LogP contribution in [0.3, 0.4) is 0 Å². The van der Waals surface area contributed by atoms with Crippen LogP contribution in [0, 0.1) is 0 Å². The molecule has 3 N–H and O–H groups in total. The Morgan fingerprint density at radius 1 is 1.11 bits per heavy atom. The first kappa shape index (κ1) is 21.0. The summed E-state index contributed by atoms with van der Waals surface area (Å²) in [4.78, 5) is 30.4. The van der Waals surface area contributed by atoms with E-state index >= 15 is 0 Å². The largest absolute Gasteiger partial charge is 0.485 e. The molecule has 0 bridgehead atoms. The summed E-state index contributed by atoms with van der Waals surface area (Å²) in [5, 5.41) is 16.9. The van der Waals surface area contributed by atoms with Crippen molar-refractivity contribution in [3.05, 3.63) is 56.3 Å². The number of ether oxygens (including phenoxy) is 3. The highest BCUT2D eigenvalue weighted by Gasteiger charge is 2.45. The van der Waals surface area contributed by atoms with Crippen LogP contribution in [0.4, 0.5) is 0 Å². The fourth-order valence-electron chi connectivity index (χ4n) is 2.40. The van der Waals surface area contributed by atoms with Crippen molar-refractivity contribution in [3.63, 3.8) is 0 Å². The lowest BCUT2D eigenvalue weighted by atomic mass is 10.2. The van der Waals surface area contributed by atoms with E-state index in [0.717, 1.165) is 11.1 Å². The second-order valence-corrected chi connectivity index (χ2v) is 8.43. The number of hydrogen-bond donors (Lipinski definition) is 3. The summed E-state index contributed by atoms with van der Waals surface area (Å²) in [6.45, 7) is -0.660. The summed E-state index contributed by atoms with van der Waals surface area (Å²) in [5.74, 6) is -1.17. The quantitative estimate of drug-likeness (QED) is 0.369. The van der Waals surface area contributed by atoms with Crippen molar-refractivity contribution >= 4 is 36.5 Å². The van der Waals surface area contributed by atoms with E-state index in [1.165, 1.54) is 22.7 Å². The van der Waals surface area contributed by atoms with Gasteiger partial charge in [0.1, 0.15) is 19.3 Å². The highest BCUT2D eigenvalue weighted by atomic mass is 32.1. The summed E-state index contributed by atoms with van der Waals surface area (Å²) in [6, 6.07) is 3.64. The fourth-order valence-corrected chi connectivity index (χ4v) is 4.24. The second-order valence-electron chi connectivity index (χ2n) is 5.68. The van der Waals surface area contributed by atoms with Crippen LogP contribution in [0.15, 0.2) is 45.2 Å². The Morgan fingerprint density at radius 3 is 2.21 bits per heavy atom. The molecule has 0 unspecified atom stereocenters. The van der Waals surface area contributed by atoms with E-state index in [0.29, 0.717) is 0 Å². The number of hydrogen-bond acceptors (Lipinski definition) is 9. The molecule has 0 radical (unpaired) electrons. The fraction of sp³-hybridized carbons (Fsp3) is 0.312. The molecule has 28 heavy (non-hydrogen) atoms. The van der Waals surface area contributed by atoms with Crippen molar-refractivity contribution in [1.29, 1.82) is 0 Å². The molecule has 0 aromatic carbocycles. The van der Waals surface area contributed by atoms with Gasteiger partial charge in [-0.1, -0.05) is 0 Å². The van der Waals surface area contributed by atoms with Gasteiger partial charge in [0.05, 0.1) is 6.61 Å². The lowest BCUT2D eigenvalue weighted by molar-refractivity contribution is -0.148. The van der Waals surface area contributed by atoms with E-state index in [4.69, 9.17) is 24.0 Å². The van der Waals surface area contributed by atoms with Crippen molar-refractivity contribution in [1.82, 2.24) is 0 Å². The SMILES string of the molecule is O=C1O[C@H]([C@H](CO)OP(=O)(O)O)C(OCc2ccsc2)=C1OCc1ccsc1. The minimum absolute atomic E-state index is 0.0747. The van der Waals surface area contributed by atoms with Gasteiger partial charge in [0, 0.05) is 0 Å². The molecule has 2 aromatic heterocycles. The highest BCUT2D eigenvalue weighted by molar-refractivity contribution is 7.46. The molecule has 1 aliphatic heterocycles. The molecule has 1 aliphatic rings. The number of carbonyl (C=O) groups excluding carboxylic acids is 1. The van der Waals surface area contributed by atoms with Gasteiger partial charge < -0.3 is 29.1 Å². The molecular weight excluding hydrogens is 431 g/mol. The van der Waals surface area contributed by atoms with E-state index in [1.54, 1.807) is 0 Å². The molecule has 152 valence electrons. The van der Waals surface area contributed by atoms with Gasteiger partial charge in [0.15, 0.2) is 11.9 Å². The van der Waals surface area contributed by atoms with Gasteiger partial charge >= 0.3 is 13.8 Å². The summed E-state index contributed by atoms with van der Waals surface area (Å²) in [6.07, 6.45) is -2.88. The Morgan fingerprint density at radius 2 is 1.71 bits per heavy atom. The maximum Gasteiger partial charge on any atom is 0.470 e. The minimum atomic E-state index is -4.95. The van der Waals surface area contributed by atoms with Crippen molar-refractivity contribution in [2.45, 2.75) is 25.4 Å². The molecule has 0 saturated heterocycles. The molecule has 3 heterocycles. The van der Waals surface area contributed by atoms with E-state index in [9.17, 15) is 14.5 Å². The van der Waals surface area contributed by atoms with E-state index in [2.05, 4.69) is 4.52 Å². The van der Waals surface area contributed by atoms with Crippen molar-refractivity contribution < 1.29 is 43.0 Å². The third kappa shape index (κ3) is 5.42. The van der Waals surface area contributed by atoms with Gasteiger partial charge in [-0.15, -0.1) is 0 Å². The Hall–Kier alpha value is -1.72. The molecule has 0 saturated carbocycles. The number of esters is 1. The number of rotatable bonds is 10. The first-order valence-electron chi connectivity index (χ1n) is 7.95. The number of carbonyl (C=O) groups is 1. The van der Waals surface area contributed by atoms with Crippen LogP contribution in [0.2, 0.25) is 0 Å². The number of phosphoric acid groups is 1. The third-order valence-electron chi connectivity index (χ3n) is 3.63. The second kappa shape index (κ2) is 9.19. The summed E-state index contributed by atoms with van der Waals surface area (Å²) >= 11 is 2.93. The van der Waals surface area contributed by atoms with Crippen molar-refractivity contribution in [2.75, 3.05) is 6.61 Å². The van der Waals surface area contributed by atoms with E-state index in [-0.39, 0.29) is 24.7 Å². The molecule has 0 amide bonds. The molecule has 9 nitrogen and oxygen atoms in total. The van der Waals surface area contributed by atoms with Crippen molar-refractivity contribution in [3.8, 4) is 0 Å². The average molecular weight is 448 g/mol. The maximum atomic E-state index is 12.3. The van der Waals surface area contributed by atoms with Gasteiger partial charge in [-0.3, -0.25) is 4.52 Å². The molecule has 0 fully saturated rings. The number of aliphatic hydroxyl groups is 1. The summed E-state index contributed by atoms with van der Waals surface area (Å²) < 4.78 is 32.1. The van der Waals surface area contributed by atoms with E-state index in [1.807, 2.05) is 33.7 Å². The number of aliphatic hydroxyl groups excluding tert-OH is 1. The molecule has 3 rings (SSSR count). The van der Waals surface area contributed by atoms with E-state index < -0.39 is 32.6 Å². The standard InChI is InChI=1S/C16H17O9PS2/c17-5-12(25-26(19,20)21)13-14(22-6-10-1-3-27-8-10)15(16(18)24-13)23-7-11-2-4-28-9-11/h1-4,8-9,12-13,17H,5-7H2,(H2,19,20,21)/t12-,13+/m0/s1. The number of thiophene rings is 2. The molecule has 2 aromatic rings. The topological polar surface area (TPSA) is 132 Å². The summed E-state index contributed by atoms with van der Waals surface area (Å²) in [5.41, 5.74) is 1.65. The van der Waals surface area contributed by atoms with Crippen LogP contribution in [0.1, 0.15) is 11.1 Å². The van der Waals surface area contributed by atoms with Gasteiger partial charge in [-0.25, -0.2) is 9.36 Å². The first-order valence-corrected chi connectivity index (χ1v) is 11.4. The van der Waals surface area contributed by atoms with Crippen molar-refractivity contribution in [2.24, 2.45) is 0 Å². The predicted molar refractivity (Wildman–Crippen MR) is 99.1 cm³/mol. The maximum absolute atomic E-state index is 12.3. The van der Waals surface area contributed by atoms with Gasteiger partial charge in [-0.05, 0) is 44.8 Å². The van der Waals surface area contributed by atoms with Crippen LogP contribution in [0.5, 0.6) is 0 Å². The smallest absolute Gasteiger partial charge is 0.470 e. The van der Waals surface area contributed by atoms with Gasteiger partial charge in [0.2, 0.25) is 5.76 Å². The summed E-state index contributed by atoms with van der Waals surface area (Å²) in [7, 11) is -4.95. The minimum Gasteiger partial charge on any atom is -0.485 e. The van der Waals surface area contributed by atoms with Crippen LogP contribution < -0.4 is 0 Å². The van der Waals surface area contributed by atoms with Crippen LogP contribution >= 0.6 is 30.5 Å². The molecular formula is C16H17O9PS2.